The molecular formula is C20H23ClN4O3. The summed E-state index contributed by atoms with van der Waals surface area (Å²) in [7, 11) is 1.69. The standard InChI is InChI=1S/C20H23ClN4O3/c1-22-20(24-11-10-23-19(26)15-6-2-3-7-16(15)21)25-12-14-13-27-17-8-4-5-9-18(17)28-14/h2-9,14H,10-13H2,1H3,(H,23,26)(H2,22,24,25). The van der Waals surface area contributed by atoms with E-state index in [1.54, 1.807) is 31.3 Å². The number of benzene rings is 2. The van der Waals surface area contributed by atoms with Crippen LogP contribution in [0.1, 0.15) is 10.4 Å². The second kappa shape index (κ2) is 9.85. The molecule has 1 atom stereocenters. The summed E-state index contributed by atoms with van der Waals surface area (Å²) in [5.74, 6) is 1.91. The number of rotatable bonds is 6. The number of guanidine groups is 1. The van der Waals surface area contributed by atoms with Crippen molar-refractivity contribution in [2.24, 2.45) is 4.99 Å². The minimum atomic E-state index is -0.207. The molecule has 1 aliphatic rings. The molecule has 1 heterocycles. The van der Waals surface area contributed by atoms with E-state index in [0.717, 1.165) is 11.5 Å². The van der Waals surface area contributed by atoms with Crippen LogP contribution in [0.15, 0.2) is 53.5 Å². The first-order valence-corrected chi connectivity index (χ1v) is 9.41. The van der Waals surface area contributed by atoms with Crippen molar-refractivity contribution in [2.45, 2.75) is 6.10 Å². The van der Waals surface area contributed by atoms with Gasteiger partial charge in [0.15, 0.2) is 17.5 Å². The third-order valence-electron chi connectivity index (χ3n) is 4.11. The zero-order chi connectivity index (χ0) is 19.8. The second-order valence-corrected chi connectivity index (χ2v) is 6.52. The first kappa shape index (κ1) is 19.8. The SMILES string of the molecule is CN=C(NCCNC(=O)c1ccccc1Cl)NCC1COc2ccccc2O1. The highest BCUT2D eigenvalue weighted by Crippen LogP contribution is 2.30. The fourth-order valence-electron chi connectivity index (χ4n) is 2.69. The largest absolute Gasteiger partial charge is 0.486 e. The summed E-state index contributed by atoms with van der Waals surface area (Å²) in [6, 6.07) is 14.5. The fourth-order valence-corrected chi connectivity index (χ4v) is 2.91. The van der Waals surface area contributed by atoms with Gasteiger partial charge in [-0.3, -0.25) is 9.79 Å². The van der Waals surface area contributed by atoms with Crippen molar-refractivity contribution < 1.29 is 14.3 Å². The van der Waals surface area contributed by atoms with Crippen LogP contribution >= 0.6 is 11.6 Å². The van der Waals surface area contributed by atoms with E-state index >= 15 is 0 Å². The summed E-state index contributed by atoms with van der Waals surface area (Å²) in [6.07, 6.45) is -0.117. The first-order valence-electron chi connectivity index (χ1n) is 9.03. The molecule has 2 aromatic carbocycles. The molecule has 0 saturated heterocycles. The number of carbonyl (C=O) groups excluding carboxylic acids is 1. The zero-order valence-corrected chi connectivity index (χ0v) is 16.3. The summed E-state index contributed by atoms with van der Waals surface area (Å²) in [5.41, 5.74) is 0.460. The Balaban J connectivity index is 1.37. The van der Waals surface area contributed by atoms with E-state index in [9.17, 15) is 4.79 Å². The molecule has 0 bridgehead atoms. The maximum Gasteiger partial charge on any atom is 0.252 e. The molecule has 3 N–H and O–H groups in total. The lowest BCUT2D eigenvalue weighted by Crippen LogP contribution is -2.46. The zero-order valence-electron chi connectivity index (χ0n) is 15.6. The average Bonchev–Trinajstić information content (AvgIpc) is 2.73. The van der Waals surface area contributed by atoms with Gasteiger partial charge in [-0.1, -0.05) is 35.9 Å². The molecular weight excluding hydrogens is 380 g/mol. The molecule has 28 heavy (non-hydrogen) atoms. The van der Waals surface area contributed by atoms with Gasteiger partial charge in [0.1, 0.15) is 12.7 Å². The van der Waals surface area contributed by atoms with E-state index in [1.807, 2.05) is 24.3 Å². The Bertz CT molecular complexity index is 844. The summed E-state index contributed by atoms with van der Waals surface area (Å²) in [6.45, 7) is 1.96. The predicted octanol–water partition coefficient (Wildman–Crippen LogP) is 2.07. The molecule has 0 radical (unpaired) electrons. The van der Waals surface area contributed by atoms with Crippen LogP contribution in [0.2, 0.25) is 5.02 Å². The Morgan fingerprint density at radius 3 is 2.57 bits per heavy atom. The number of para-hydroxylation sites is 2. The molecule has 1 amide bonds. The molecule has 148 valence electrons. The molecule has 2 aromatic rings. The van der Waals surface area contributed by atoms with Crippen LogP contribution in [0, 0.1) is 0 Å². The van der Waals surface area contributed by atoms with Crippen molar-refractivity contribution in [1.29, 1.82) is 0 Å². The molecule has 3 rings (SSSR count). The summed E-state index contributed by atoms with van der Waals surface area (Å²) < 4.78 is 11.6. The number of nitrogens with zero attached hydrogens (tertiary/aromatic N) is 1. The van der Waals surface area contributed by atoms with E-state index in [4.69, 9.17) is 21.1 Å². The van der Waals surface area contributed by atoms with Gasteiger partial charge in [-0.05, 0) is 24.3 Å². The van der Waals surface area contributed by atoms with Gasteiger partial charge in [0.05, 0.1) is 17.1 Å². The Hall–Kier alpha value is -2.93. The van der Waals surface area contributed by atoms with Gasteiger partial charge in [0.2, 0.25) is 0 Å². The summed E-state index contributed by atoms with van der Waals surface area (Å²) in [4.78, 5) is 16.3. The molecule has 8 heteroatoms. The first-order chi connectivity index (χ1) is 13.7. The Morgan fingerprint density at radius 1 is 1.07 bits per heavy atom. The van der Waals surface area contributed by atoms with Crippen LogP contribution in [0.4, 0.5) is 0 Å². The number of amides is 1. The van der Waals surface area contributed by atoms with Crippen molar-refractivity contribution in [3.05, 3.63) is 59.1 Å². The van der Waals surface area contributed by atoms with Crippen LogP contribution < -0.4 is 25.4 Å². The maximum absolute atomic E-state index is 12.1. The molecule has 1 unspecified atom stereocenters. The van der Waals surface area contributed by atoms with E-state index in [0.29, 0.717) is 42.8 Å². The number of nitrogens with one attached hydrogen (secondary N) is 3. The van der Waals surface area contributed by atoms with Crippen LogP contribution in [0.25, 0.3) is 0 Å². The average molecular weight is 403 g/mol. The number of ether oxygens (including phenoxy) is 2. The molecule has 0 aromatic heterocycles. The number of hydrogen-bond donors (Lipinski definition) is 3. The highest BCUT2D eigenvalue weighted by Gasteiger charge is 2.20. The van der Waals surface area contributed by atoms with Gasteiger partial charge in [-0.2, -0.15) is 0 Å². The molecule has 7 nitrogen and oxygen atoms in total. The fraction of sp³-hybridized carbons (Fsp3) is 0.300. The molecule has 0 aliphatic carbocycles. The van der Waals surface area contributed by atoms with Crippen molar-refractivity contribution in [2.75, 3.05) is 33.3 Å². The van der Waals surface area contributed by atoms with Crippen LogP contribution in [0.5, 0.6) is 11.5 Å². The quantitative estimate of drug-likeness (QED) is 0.391. The van der Waals surface area contributed by atoms with Crippen molar-refractivity contribution >= 4 is 23.5 Å². The summed E-state index contributed by atoms with van der Waals surface area (Å²) >= 11 is 6.02. The monoisotopic (exact) mass is 402 g/mol. The summed E-state index contributed by atoms with van der Waals surface area (Å²) in [5, 5.41) is 9.60. The number of halogens is 1. The molecule has 1 aliphatic heterocycles. The van der Waals surface area contributed by atoms with Crippen LogP contribution in [0.3, 0.4) is 0 Å². The second-order valence-electron chi connectivity index (χ2n) is 6.11. The van der Waals surface area contributed by atoms with E-state index in [2.05, 4.69) is 20.9 Å². The number of fused-ring (bicyclic) bond motifs is 1. The van der Waals surface area contributed by atoms with Crippen LogP contribution in [-0.2, 0) is 0 Å². The molecule has 0 fully saturated rings. The van der Waals surface area contributed by atoms with Gasteiger partial charge in [-0.15, -0.1) is 0 Å². The smallest absolute Gasteiger partial charge is 0.252 e. The van der Waals surface area contributed by atoms with Gasteiger partial charge in [-0.25, -0.2) is 0 Å². The number of hydrogen-bond acceptors (Lipinski definition) is 4. The number of carbonyl (C=O) groups is 1. The van der Waals surface area contributed by atoms with E-state index in [1.165, 1.54) is 0 Å². The Labute approximate surface area is 169 Å². The van der Waals surface area contributed by atoms with Crippen molar-refractivity contribution in [3.8, 4) is 11.5 Å². The minimum Gasteiger partial charge on any atom is -0.486 e. The van der Waals surface area contributed by atoms with E-state index < -0.39 is 0 Å². The topological polar surface area (TPSA) is 84.0 Å². The van der Waals surface area contributed by atoms with Crippen molar-refractivity contribution in [1.82, 2.24) is 16.0 Å². The van der Waals surface area contributed by atoms with Crippen molar-refractivity contribution in [3.63, 3.8) is 0 Å². The van der Waals surface area contributed by atoms with Crippen LogP contribution in [-0.4, -0.2) is 51.3 Å². The third kappa shape index (κ3) is 5.29. The lowest BCUT2D eigenvalue weighted by atomic mass is 10.2. The van der Waals surface area contributed by atoms with Gasteiger partial charge in [0, 0.05) is 20.1 Å². The van der Waals surface area contributed by atoms with Gasteiger partial charge in [0.25, 0.3) is 5.91 Å². The highest BCUT2D eigenvalue weighted by molar-refractivity contribution is 6.33. The van der Waals surface area contributed by atoms with E-state index in [-0.39, 0.29) is 12.0 Å². The Morgan fingerprint density at radius 2 is 1.79 bits per heavy atom. The third-order valence-corrected chi connectivity index (χ3v) is 4.44. The highest BCUT2D eigenvalue weighted by atomic mass is 35.5. The normalized spacial score (nSPS) is 15.6. The lowest BCUT2D eigenvalue weighted by molar-refractivity contribution is 0.0936. The molecule has 0 saturated carbocycles. The maximum atomic E-state index is 12.1. The number of aliphatic imine (C=N–C) groups is 1. The minimum absolute atomic E-state index is 0.117. The van der Waals surface area contributed by atoms with Gasteiger partial charge < -0.3 is 25.4 Å². The lowest BCUT2D eigenvalue weighted by Gasteiger charge is -2.27. The van der Waals surface area contributed by atoms with Gasteiger partial charge >= 0.3 is 0 Å². The Kier molecular flexibility index (Phi) is 6.97. The molecule has 0 spiro atoms. The predicted molar refractivity (Wildman–Crippen MR) is 110 cm³/mol.